The summed E-state index contributed by atoms with van der Waals surface area (Å²) >= 11 is 0. The Labute approximate surface area is 119 Å². The predicted molar refractivity (Wildman–Crippen MR) is 78.4 cm³/mol. The van der Waals surface area contributed by atoms with Crippen LogP contribution < -0.4 is 5.73 Å². The van der Waals surface area contributed by atoms with E-state index in [1.807, 2.05) is 24.4 Å². The Morgan fingerprint density at radius 2 is 2.11 bits per heavy atom. The zero-order chi connectivity index (χ0) is 12.4. The van der Waals surface area contributed by atoms with Crippen molar-refractivity contribution >= 4 is 12.4 Å². The van der Waals surface area contributed by atoms with E-state index in [-0.39, 0.29) is 18.5 Å². The van der Waals surface area contributed by atoms with Gasteiger partial charge in [-0.1, -0.05) is 24.3 Å². The zero-order valence-corrected chi connectivity index (χ0v) is 11.4. The maximum absolute atomic E-state index is 5.77. The van der Waals surface area contributed by atoms with Crippen molar-refractivity contribution < 1.29 is 4.74 Å². The van der Waals surface area contributed by atoms with Crippen LogP contribution in [0.2, 0.25) is 0 Å². The van der Waals surface area contributed by atoms with Gasteiger partial charge in [0.1, 0.15) is 0 Å². The molecule has 0 aliphatic carbocycles. The fourth-order valence-electron chi connectivity index (χ4n) is 2.54. The number of benzene rings is 1. The lowest BCUT2D eigenvalue weighted by atomic mass is 9.91. The number of pyridine rings is 1. The summed E-state index contributed by atoms with van der Waals surface area (Å²) in [6.07, 6.45) is 2.78. The highest BCUT2D eigenvalue weighted by molar-refractivity contribution is 5.85. The Hall–Kier alpha value is -1.42. The first-order chi connectivity index (χ1) is 8.90. The average molecular weight is 277 g/mol. The van der Waals surface area contributed by atoms with Gasteiger partial charge in [-0.2, -0.15) is 0 Å². The number of hydrogen-bond acceptors (Lipinski definition) is 3. The maximum Gasteiger partial charge on any atom is 0.0950 e. The summed E-state index contributed by atoms with van der Waals surface area (Å²) in [6.45, 7) is 1.26. The Kier molecular flexibility index (Phi) is 4.53. The van der Waals surface area contributed by atoms with Gasteiger partial charge in [0.15, 0.2) is 0 Å². The largest absolute Gasteiger partial charge is 0.372 e. The molecule has 3 nitrogen and oxygen atoms in total. The first-order valence-corrected chi connectivity index (χ1v) is 6.25. The Morgan fingerprint density at radius 1 is 1.21 bits per heavy atom. The quantitative estimate of drug-likeness (QED) is 0.917. The van der Waals surface area contributed by atoms with Gasteiger partial charge >= 0.3 is 0 Å². The van der Waals surface area contributed by atoms with Crippen molar-refractivity contribution in [2.45, 2.75) is 12.5 Å². The Balaban J connectivity index is 0.00000133. The Morgan fingerprint density at radius 3 is 2.84 bits per heavy atom. The molecule has 3 rings (SSSR count). The van der Waals surface area contributed by atoms with Gasteiger partial charge in [0, 0.05) is 18.3 Å². The van der Waals surface area contributed by atoms with Crippen LogP contribution in [0.25, 0.3) is 11.3 Å². The monoisotopic (exact) mass is 276 g/mol. The van der Waals surface area contributed by atoms with Gasteiger partial charge in [-0.05, 0) is 29.7 Å². The summed E-state index contributed by atoms with van der Waals surface area (Å²) < 4.78 is 5.70. The molecule has 0 spiro atoms. The summed E-state index contributed by atoms with van der Waals surface area (Å²) in [5, 5.41) is 0. The summed E-state index contributed by atoms with van der Waals surface area (Å²) in [7, 11) is 0. The highest BCUT2D eigenvalue weighted by Gasteiger charge is 2.22. The van der Waals surface area contributed by atoms with E-state index in [2.05, 4.69) is 23.2 Å². The number of nitrogens with two attached hydrogens (primary N) is 1. The standard InChI is InChI=1S/C15H16N2O.ClH/c16-10-15-13-5-3-4-12(11(13)7-9-18-15)14-6-1-2-8-17-14;/h1-6,8,15H,7,9-10,16H2;1H/t15-;/m1./s1. The molecule has 4 heteroatoms. The number of aromatic nitrogens is 1. The third-order valence-electron chi connectivity index (χ3n) is 3.39. The second kappa shape index (κ2) is 6.15. The van der Waals surface area contributed by atoms with Crippen molar-refractivity contribution in [3.05, 3.63) is 53.7 Å². The van der Waals surface area contributed by atoms with E-state index in [9.17, 15) is 0 Å². The molecule has 2 heterocycles. The average Bonchev–Trinajstić information content (AvgIpc) is 2.47. The number of hydrogen-bond donors (Lipinski definition) is 1. The first kappa shape index (κ1) is 14.0. The number of fused-ring (bicyclic) bond motifs is 1. The van der Waals surface area contributed by atoms with Crippen LogP contribution in [0.15, 0.2) is 42.6 Å². The van der Waals surface area contributed by atoms with E-state index >= 15 is 0 Å². The van der Waals surface area contributed by atoms with Crippen molar-refractivity contribution in [3.8, 4) is 11.3 Å². The second-order valence-corrected chi connectivity index (χ2v) is 4.43. The molecule has 2 aromatic rings. The molecule has 0 fully saturated rings. The molecule has 1 aliphatic heterocycles. The fourth-order valence-corrected chi connectivity index (χ4v) is 2.54. The van der Waals surface area contributed by atoms with Crippen LogP contribution in [-0.2, 0) is 11.2 Å². The molecule has 0 saturated heterocycles. The minimum atomic E-state index is 0. The summed E-state index contributed by atoms with van der Waals surface area (Å²) in [4.78, 5) is 4.44. The maximum atomic E-state index is 5.77. The molecule has 0 amide bonds. The molecule has 0 radical (unpaired) electrons. The van der Waals surface area contributed by atoms with E-state index in [1.165, 1.54) is 16.7 Å². The topological polar surface area (TPSA) is 48.1 Å². The highest BCUT2D eigenvalue weighted by Crippen LogP contribution is 2.33. The van der Waals surface area contributed by atoms with Crippen LogP contribution in [0.3, 0.4) is 0 Å². The smallest absolute Gasteiger partial charge is 0.0950 e. The predicted octanol–water partition coefficient (Wildman–Crippen LogP) is 2.74. The molecular formula is C15H17ClN2O. The summed E-state index contributed by atoms with van der Waals surface area (Å²) in [6, 6.07) is 12.3. The minimum absolute atomic E-state index is 0. The summed E-state index contributed by atoms with van der Waals surface area (Å²) in [5.74, 6) is 0. The van der Waals surface area contributed by atoms with E-state index in [4.69, 9.17) is 10.5 Å². The summed E-state index contributed by atoms with van der Waals surface area (Å²) in [5.41, 5.74) is 10.5. The van der Waals surface area contributed by atoms with Gasteiger partial charge in [-0.25, -0.2) is 0 Å². The zero-order valence-electron chi connectivity index (χ0n) is 10.6. The van der Waals surface area contributed by atoms with Crippen LogP contribution >= 0.6 is 12.4 Å². The third kappa shape index (κ3) is 2.63. The van der Waals surface area contributed by atoms with Crippen LogP contribution in [0.5, 0.6) is 0 Å². The lowest BCUT2D eigenvalue weighted by Crippen LogP contribution is -2.23. The SMILES string of the molecule is Cl.NC[C@H]1OCCc2c(-c3ccccn3)cccc21. The van der Waals surface area contributed by atoms with Gasteiger partial charge in [-0.3, -0.25) is 4.98 Å². The van der Waals surface area contributed by atoms with Crippen LogP contribution in [0.1, 0.15) is 17.2 Å². The highest BCUT2D eigenvalue weighted by atomic mass is 35.5. The number of rotatable bonds is 2. The van der Waals surface area contributed by atoms with Gasteiger partial charge in [-0.15, -0.1) is 12.4 Å². The van der Waals surface area contributed by atoms with E-state index in [0.717, 1.165) is 18.7 Å². The minimum Gasteiger partial charge on any atom is -0.372 e. The molecule has 2 N–H and O–H groups in total. The molecule has 1 aromatic carbocycles. The second-order valence-electron chi connectivity index (χ2n) is 4.43. The lowest BCUT2D eigenvalue weighted by Gasteiger charge is -2.26. The molecule has 1 atom stereocenters. The molecule has 0 saturated carbocycles. The molecular weight excluding hydrogens is 260 g/mol. The van der Waals surface area contributed by atoms with Gasteiger partial charge in [0.25, 0.3) is 0 Å². The van der Waals surface area contributed by atoms with Gasteiger partial charge in [0.05, 0.1) is 18.4 Å². The molecule has 0 bridgehead atoms. The van der Waals surface area contributed by atoms with E-state index in [0.29, 0.717) is 6.54 Å². The number of halogens is 1. The van der Waals surface area contributed by atoms with Crippen LogP contribution in [0.4, 0.5) is 0 Å². The van der Waals surface area contributed by atoms with Crippen LogP contribution in [0, 0.1) is 0 Å². The Bertz CT molecular complexity index is 545. The van der Waals surface area contributed by atoms with Crippen molar-refractivity contribution in [2.75, 3.05) is 13.2 Å². The molecule has 19 heavy (non-hydrogen) atoms. The lowest BCUT2D eigenvalue weighted by molar-refractivity contribution is 0.0486. The van der Waals surface area contributed by atoms with E-state index in [1.54, 1.807) is 0 Å². The molecule has 100 valence electrons. The first-order valence-electron chi connectivity index (χ1n) is 6.25. The van der Waals surface area contributed by atoms with Crippen LogP contribution in [-0.4, -0.2) is 18.1 Å². The van der Waals surface area contributed by atoms with Crippen molar-refractivity contribution in [1.82, 2.24) is 4.98 Å². The van der Waals surface area contributed by atoms with E-state index < -0.39 is 0 Å². The van der Waals surface area contributed by atoms with Crippen molar-refractivity contribution in [3.63, 3.8) is 0 Å². The van der Waals surface area contributed by atoms with Crippen molar-refractivity contribution in [2.24, 2.45) is 5.73 Å². The normalized spacial score (nSPS) is 17.4. The molecule has 0 unspecified atom stereocenters. The van der Waals surface area contributed by atoms with Crippen molar-refractivity contribution in [1.29, 1.82) is 0 Å². The van der Waals surface area contributed by atoms with Gasteiger partial charge in [0.2, 0.25) is 0 Å². The molecule has 1 aliphatic rings. The van der Waals surface area contributed by atoms with Gasteiger partial charge < -0.3 is 10.5 Å². The third-order valence-corrected chi connectivity index (χ3v) is 3.39. The number of nitrogens with zero attached hydrogens (tertiary/aromatic N) is 1. The molecule has 1 aromatic heterocycles. The number of ether oxygens (including phenoxy) is 1. The fraction of sp³-hybridized carbons (Fsp3) is 0.267.